The van der Waals surface area contributed by atoms with Crippen LogP contribution >= 0.6 is 27.7 Å². The van der Waals surface area contributed by atoms with Crippen LogP contribution in [0.2, 0.25) is 0 Å². The van der Waals surface area contributed by atoms with E-state index in [0.29, 0.717) is 11.7 Å². The summed E-state index contributed by atoms with van der Waals surface area (Å²) in [5.74, 6) is 0.708. The van der Waals surface area contributed by atoms with Gasteiger partial charge in [-0.25, -0.2) is 0 Å². The summed E-state index contributed by atoms with van der Waals surface area (Å²) in [4.78, 5) is 24.1. The quantitative estimate of drug-likeness (QED) is 0.449. The van der Waals surface area contributed by atoms with Crippen molar-refractivity contribution in [3.05, 3.63) is 70.5 Å². The average molecular weight is 488 g/mol. The van der Waals surface area contributed by atoms with E-state index in [0.717, 1.165) is 21.5 Å². The van der Waals surface area contributed by atoms with Gasteiger partial charge in [-0.3, -0.25) is 9.59 Å². The van der Waals surface area contributed by atoms with E-state index in [1.54, 1.807) is 0 Å². The molecule has 0 aliphatic heterocycles. The Morgan fingerprint density at radius 3 is 2.50 bits per heavy atom. The molecule has 1 aromatic heterocycles. The van der Waals surface area contributed by atoms with Crippen LogP contribution in [-0.2, 0) is 16.1 Å². The van der Waals surface area contributed by atoms with Crippen LogP contribution in [0.5, 0.6) is 0 Å². The molecule has 0 unspecified atom stereocenters. The molecule has 0 saturated carbocycles. The third kappa shape index (κ3) is 6.70. The number of hydrogen-bond acceptors (Lipinski definition) is 5. The van der Waals surface area contributed by atoms with Crippen molar-refractivity contribution in [3.63, 3.8) is 0 Å². The maximum Gasteiger partial charge on any atom is 0.230 e. The molecule has 0 spiro atoms. The van der Waals surface area contributed by atoms with Gasteiger partial charge in [0.1, 0.15) is 5.82 Å². The van der Waals surface area contributed by atoms with E-state index in [1.807, 2.05) is 66.1 Å². The second kappa shape index (κ2) is 10.9. The molecule has 0 radical (unpaired) electrons. The van der Waals surface area contributed by atoms with Crippen molar-refractivity contribution in [2.45, 2.75) is 25.0 Å². The highest BCUT2D eigenvalue weighted by Crippen LogP contribution is 2.18. The predicted octanol–water partition coefficient (Wildman–Crippen LogP) is 3.63. The maximum absolute atomic E-state index is 12.1. The van der Waals surface area contributed by atoms with Gasteiger partial charge < -0.3 is 15.2 Å². The minimum absolute atomic E-state index is 0.150. The molecule has 0 aliphatic rings. The van der Waals surface area contributed by atoms with Crippen LogP contribution in [0.3, 0.4) is 0 Å². The van der Waals surface area contributed by atoms with E-state index in [9.17, 15) is 9.59 Å². The Bertz CT molecular complexity index is 992. The second-order valence-electron chi connectivity index (χ2n) is 6.55. The monoisotopic (exact) mass is 487 g/mol. The van der Waals surface area contributed by atoms with Crippen molar-refractivity contribution in [1.82, 2.24) is 20.1 Å². The van der Waals surface area contributed by atoms with Crippen LogP contribution in [0, 0.1) is 6.92 Å². The molecule has 0 saturated heterocycles. The zero-order valence-electron chi connectivity index (χ0n) is 16.5. The zero-order valence-corrected chi connectivity index (χ0v) is 18.9. The Morgan fingerprint density at radius 1 is 1.03 bits per heavy atom. The van der Waals surface area contributed by atoms with Crippen LogP contribution in [-0.4, -0.2) is 38.9 Å². The van der Waals surface area contributed by atoms with Gasteiger partial charge in [-0.1, -0.05) is 58.0 Å². The summed E-state index contributed by atoms with van der Waals surface area (Å²) in [5.41, 5.74) is 1.86. The van der Waals surface area contributed by atoms with Crippen LogP contribution < -0.4 is 10.6 Å². The molecule has 9 heteroatoms. The number of nitrogens with zero attached hydrogens (tertiary/aromatic N) is 3. The van der Waals surface area contributed by atoms with Gasteiger partial charge in [-0.05, 0) is 36.8 Å². The van der Waals surface area contributed by atoms with Crippen LogP contribution in [0.25, 0.3) is 0 Å². The molecule has 3 aromatic rings. The van der Waals surface area contributed by atoms with Crippen LogP contribution in [0.4, 0.5) is 5.69 Å². The third-order valence-corrected chi connectivity index (χ3v) is 5.72. The summed E-state index contributed by atoms with van der Waals surface area (Å²) in [7, 11) is 0. The number of amides is 2. The number of thioether (sulfide) groups is 1. The number of aromatic nitrogens is 3. The lowest BCUT2D eigenvalue weighted by Gasteiger charge is -2.09. The van der Waals surface area contributed by atoms with Gasteiger partial charge in [0.15, 0.2) is 5.16 Å². The standard InChI is InChI=1S/C21H22BrN5O2S/c1-15-25-26-21(27(15)13-16-5-3-2-4-6-16)30-14-20(29)23-12-11-19(28)24-18-9-7-17(22)8-10-18/h2-10H,11-14H2,1H3,(H,23,29)(H,24,28). The summed E-state index contributed by atoms with van der Waals surface area (Å²) >= 11 is 4.68. The Kier molecular flexibility index (Phi) is 8.04. The second-order valence-corrected chi connectivity index (χ2v) is 8.40. The Balaban J connectivity index is 1.42. The van der Waals surface area contributed by atoms with E-state index >= 15 is 0 Å². The number of aryl methyl sites for hydroxylation is 1. The summed E-state index contributed by atoms with van der Waals surface area (Å²) in [6.45, 7) is 2.82. The highest BCUT2D eigenvalue weighted by molar-refractivity contribution is 9.10. The number of benzene rings is 2. The SMILES string of the molecule is Cc1nnc(SCC(=O)NCCC(=O)Nc2ccc(Br)cc2)n1Cc1ccccc1. The Hall–Kier alpha value is -2.65. The smallest absolute Gasteiger partial charge is 0.230 e. The fourth-order valence-corrected chi connectivity index (χ4v) is 3.75. The molecule has 156 valence electrons. The molecule has 30 heavy (non-hydrogen) atoms. The first-order chi connectivity index (χ1) is 14.5. The van der Waals surface area contributed by atoms with E-state index < -0.39 is 0 Å². The van der Waals surface area contributed by atoms with Crippen molar-refractivity contribution < 1.29 is 9.59 Å². The summed E-state index contributed by atoms with van der Waals surface area (Å²) < 4.78 is 2.93. The molecule has 2 N–H and O–H groups in total. The lowest BCUT2D eigenvalue weighted by atomic mass is 10.2. The van der Waals surface area contributed by atoms with Crippen LogP contribution in [0.1, 0.15) is 17.8 Å². The molecule has 0 aliphatic carbocycles. The van der Waals surface area contributed by atoms with E-state index in [4.69, 9.17) is 0 Å². The van der Waals surface area contributed by atoms with Crippen molar-refractivity contribution in [2.75, 3.05) is 17.6 Å². The molecule has 7 nitrogen and oxygen atoms in total. The van der Waals surface area contributed by atoms with E-state index in [1.165, 1.54) is 11.8 Å². The predicted molar refractivity (Wildman–Crippen MR) is 121 cm³/mol. The number of carbonyl (C=O) groups excluding carboxylic acids is 2. The summed E-state index contributed by atoms with van der Waals surface area (Å²) in [5, 5.41) is 14.6. The van der Waals surface area contributed by atoms with Gasteiger partial charge in [0.05, 0.1) is 12.3 Å². The van der Waals surface area contributed by atoms with E-state index in [2.05, 4.69) is 36.8 Å². The topological polar surface area (TPSA) is 88.9 Å². The number of halogens is 1. The van der Waals surface area contributed by atoms with Gasteiger partial charge in [-0.15, -0.1) is 10.2 Å². The fourth-order valence-electron chi connectivity index (χ4n) is 2.67. The van der Waals surface area contributed by atoms with E-state index in [-0.39, 0.29) is 30.5 Å². The molecule has 0 fully saturated rings. The van der Waals surface area contributed by atoms with Gasteiger partial charge in [0.25, 0.3) is 0 Å². The van der Waals surface area contributed by atoms with Gasteiger partial charge in [-0.2, -0.15) is 0 Å². The number of carbonyl (C=O) groups is 2. The van der Waals surface area contributed by atoms with Crippen molar-refractivity contribution in [3.8, 4) is 0 Å². The highest BCUT2D eigenvalue weighted by atomic mass is 79.9. The lowest BCUT2D eigenvalue weighted by molar-refractivity contribution is -0.119. The Labute approximate surface area is 187 Å². The van der Waals surface area contributed by atoms with Crippen molar-refractivity contribution in [2.24, 2.45) is 0 Å². The minimum atomic E-state index is -0.150. The van der Waals surface area contributed by atoms with Crippen molar-refractivity contribution in [1.29, 1.82) is 0 Å². The first kappa shape index (κ1) is 22.0. The molecular weight excluding hydrogens is 466 g/mol. The third-order valence-electron chi connectivity index (χ3n) is 4.22. The molecule has 0 bridgehead atoms. The normalized spacial score (nSPS) is 10.6. The largest absolute Gasteiger partial charge is 0.355 e. The van der Waals surface area contributed by atoms with Gasteiger partial charge in [0, 0.05) is 23.1 Å². The zero-order chi connectivity index (χ0) is 21.3. The summed E-state index contributed by atoms with van der Waals surface area (Å²) in [6, 6.07) is 17.4. The molecule has 2 amide bonds. The first-order valence-corrected chi connectivity index (χ1v) is 11.2. The molecule has 3 rings (SSSR count). The van der Waals surface area contributed by atoms with Gasteiger partial charge in [0.2, 0.25) is 11.8 Å². The number of rotatable bonds is 9. The average Bonchev–Trinajstić information content (AvgIpc) is 3.08. The lowest BCUT2D eigenvalue weighted by Crippen LogP contribution is -2.29. The number of hydrogen-bond donors (Lipinski definition) is 2. The first-order valence-electron chi connectivity index (χ1n) is 9.40. The number of nitrogens with one attached hydrogen (secondary N) is 2. The molecule has 2 aromatic carbocycles. The summed E-state index contributed by atoms with van der Waals surface area (Å²) in [6.07, 6.45) is 0.204. The molecule has 1 heterocycles. The Morgan fingerprint density at radius 2 is 1.77 bits per heavy atom. The highest BCUT2D eigenvalue weighted by Gasteiger charge is 2.12. The van der Waals surface area contributed by atoms with Crippen molar-refractivity contribution >= 4 is 45.2 Å². The maximum atomic E-state index is 12.1. The van der Waals surface area contributed by atoms with Gasteiger partial charge >= 0.3 is 0 Å². The molecule has 0 atom stereocenters. The minimum Gasteiger partial charge on any atom is -0.355 e. The molecular formula is C21H22BrN5O2S. The fraction of sp³-hybridized carbons (Fsp3) is 0.238. The van der Waals surface area contributed by atoms with Crippen LogP contribution in [0.15, 0.2) is 64.2 Å². The number of anilines is 1.